The van der Waals surface area contributed by atoms with Crippen molar-refractivity contribution < 1.29 is 9.59 Å². The maximum absolute atomic E-state index is 12.4. The van der Waals surface area contributed by atoms with Crippen molar-refractivity contribution in [2.75, 3.05) is 51.5 Å². The highest BCUT2D eigenvalue weighted by atomic mass is 16.2. The van der Waals surface area contributed by atoms with Crippen LogP contribution in [-0.2, 0) is 11.3 Å². The topological polar surface area (TPSA) is 55.9 Å². The molecule has 2 aromatic carbocycles. The molecule has 0 heterocycles. The fourth-order valence-electron chi connectivity index (χ4n) is 2.80. The van der Waals surface area contributed by atoms with Crippen molar-refractivity contribution in [1.29, 1.82) is 0 Å². The summed E-state index contributed by atoms with van der Waals surface area (Å²) >= 11 is 0. The number of benzene rings is 2. The Labute approximate surface area is 167 Å². The fraction of sp³-hybridized carbons (Fsp3) is 0.364. The SMILES string of the molecule is CCN(CC(=O)Nc1ccc(C(=O)N(C)C)cc1)Cc1ccc(N(C)C)cc1. The number of carbonyl (C=O) groups is 2. The second-order valence-electron chi connectivity index (χ2n) is 7.19. The first-order valence-electron chi connectivity index (χ1n) is 9.40. The van der Waals surface area contributed by atoms with Gasteiger partial charge in [-0.25, -0.2) is 0 Å². The van der Waals surface area contributed by atoms with Gasteiger partial charge in [0.25, 0.3) is 5.91 Å². The van der Waals surface area contributed by atoms with Crippen LogP contribution in [0.25, 0.3) is 0 Å². The van der Waals surface area contributed by atoms with Crippen LogP contribution >= 0.6 is 0 Å². The summed E-state index contributed by atoms with van der Waals surface area (Å²) in [6.45, 7) is 3.85. The highest BCUT2D eigenvalue weighted by Gasteiger charge is 2.12. The van der Waals surface area contributed by atoms with Crippen LogP contribution < -0.4 is 10.2 Å². The predicted octanol–water partition coefficient (Wildman–Crippen LogP) is 2.92. The normalized spacial score (nSPS) is 10.6. The minimum Gasteiger partial charge on any atom is -0.378 e. The zero-order valence-electron chi connectivity index (χ0n) is 17.4. The number of rotatable bonds is 8. The van der Waals surface area contributed by atoms with Crippen molar-refractivity contribution >= 4 is 23.2 Å². The van der Waals surface area contributed by atoms with Crippen molar-refractivity contribution in [2.45, 2.75) is 13.5 Å². The average molecular weight is 383 g/mol. The molecule has 0 saturated heterocycles. The first-order chi connectivity index (χ1) is 13.3. The molecule has 0 aliphatic heterocycles. The third kappa shape index (κ3) is 6.09. The highest BCUT2D eigenvalue weighted by molar-refractivity contribution is 5.96. The molecule has 1 N–H and O–H groups in total. The van der Waals surface area contributed by atoms with Crippen LogP contribution in [0.4, 0.5) is 11.4 Å². The van der Waals surface area contributed by atoms with E-state index in [1.165, 1.54) is 10.5 Å². The summed E-state index contributed by atoms with van der Waals surface area (Å²) < 4.78 is 0. The zero-order chi connectivity index (χ0) is 20.7. The van der Waals surface area contributed by atoms with E-state index in [1.54, 1.807) is 38.4 Å². The van der Waals surface area contributed by atoms with E-state index in [1.807, 2.05) is 21.0 Å². The van der Waals surface area contributed by atoms with Gasteiger partial charge in [-0.1, -0.05) is 19.1 Å². The zero-order valence-corrected chi connectivity index (χ0v) is 17.4. The molecule has 0 radical (unpaired) electrons. The Bertz CT molecular complexity index is 783. The first kappa shape index (κ1) is 21.4. The Morgan fingerprint density at radius 1 is 0.893 bits per heavy atom. The molecule has 2 rings (SSSR count). The van der Waals surface area contributed by atoms with Gasteiger partial charge in [-0.2, -0.15) is 0 Å². The lowest BCUT2D eigenvalue weighted by Crippen LogP contribution is -2.32. The molecular formula is C22H30N4O2. The number of likely N-dealkylation sites (N-methyl/N-ethyl adjacent to an activating group) is 1. The van der Waals surface area contributed by atoms with Crippen LogP contribution in [0, 0.1) is 0 Å². The molecule has 0 atom stereocenters. The molecule has 2 amide bonds. The van der Waals surface area contributed by atoms with Crippen molar-refractivity contribution in [3.05, 3.63) is 59.7 Å². The molecular weight excluding hydrogens is 352 g/mol. The molecule has 0 spiro atoms. The van der Waals surface area contributed by atoms with Crippen molar-refractivity contribution in [3.8, 4) is 0 Å². The van der Waals surface area contributed by atoms with Gasteiger partial charge < -0.3 is 15.1 Å². The minimum absolute atomic E-state index is 0.0599. The summed E-state index contributed by atoms with van der Waals surface area (Å²) in [7, 11) is 7.46. The van der Waals surface area contributed by atoms with Crippen LogP contribution in [0.3, 0.4) is 0 Å². The van der Waals surface area contributed by atoms with Gasteiger partial charge in [-0.3, -0.25) is 14.5 Å². The number of amides is 2. The first-order valence-corrected chi connectivity index (χ1v) is 9.40. The average Bonchev–Trinajstić information content (AvgIpc) is 2.67. The van der Waals surface area contributed by atoms with Crippen LogP contribution in [0.2, 0.25) is 0 Å². The number of carbonyl (C=O) groups excluding carboxylic acids is 2. The summed E-state index contributed by atoms with van der Waals surface area (Å²) in [5, 5.41) is 2.90. The van der Waals surface area contributed by atoms with Crippen molar-refractivity contribution in [3.63, 3.8) is 0 Å². The number of hydrogen-bond donors (Lipinski definition) is 1. The molecule has 0 unspecified atom stereocenters. The standard InChI is InChI=1S/C22H30N4O2/c1-6-26(15-17-7-13-20(14-8-17)24(2)3)16-21(27)23-19-11-9-18(10-12-19)22(28)25(4)5/h7-14H,6,15-16H2,1-5H3,(H,23,27). The van der Waals surface area contributed by atoms with Gasteiger partial charge in [0, 0.05) is 51.7 Å². The number of anilines is 2. The maximum Gasteiger partial charge on any atom is 0.253 e. The van der Waals surface area contributed by atoms with Crippen LogP contribution in [0.1, 0.15) is 22.8 Å². The van der Waals surface area contributed by atoms with E-state index < -0.39 is 0 Å². The molecule has 0 saturated carbocycles. The Hall–Kier alpha value is -2.86. The number of hydrogen-bond acceptors (Lipinski definition) is 4. The molecule has 0 aromatic heterocycles. The van der Waals surface area contributed by atoms with Crippen LogP contribution in [-0.4, -0.2) is 62.9 Å². The monoisotopic (exact) mass is 382 g/mol. The van der Waals surface area contributed by atoms with E-state index in [-0.39, 0.29) is 11.8 Å². The Kier molecular flexibility index (Phi) is 7.58. The van der Waals surface area contributed by atoms with Gasteiger partial charge in [-0.05, 0) is 48.5 Å². The molecule has 150 valence electrons. The lowest BCUT2D eigenvalue weighted by Gasteiger charge is -2.21. The van der Waals surface area contributed by atoms with Gasteiger partial charge in [0.2, 0.25) is 5.91 Å². The van der Waals surface area contributed by atoms with Gasteiger partial charge in [0.1, 0.15) is 0 Å². The van der Waals surface area contributed by atoms with Gasteiger partial charge >= 0.3 is 0 Å². The van der Waals surface area contributed by atoms with E-state index >= 15 is 0 Å². The molecule has 6 nitrogen and oxygen atoms in total. The second-order valence-corrected chi connectivity index (χ2v) is 7.19. The van der Waals surface area contributed by atoms with Gasteiger partial charge in [-0.15, -0.1) is 0 Å². The minimum atomic E-state index is -0.0709. The summed E-state index contributed by atoms with van der Waals surface area (Å²) in [5.41, 5.74) is 3.61. The molecule has 2 aromatic rings. The fourth-order valence-corrected chi connectivity index (χ4v) is 2.80. The number of nitrogens with zero attached hydrogens (tertiary/aromatic N) is 3. The quantitative estimate of drug-likeness (QED) is 0.763. The van der Waals surface area contributed by atoms with Gasteiger partial charge in [0.05, 0.1) is 6.54 Å². The largest absolute Gasteiger partial charge is 0.378 e. The molecule has 28 heavy (non-hydrogen) atoms. The van der Waals surface area contributed by atoms with E-state index in [2.05, 4.69) is 39.4 Å². The summed E-state index contributed by atoms with van der Waals surface area (Å²) in [4.78, 5) is 30.0. The third-order valence-electron chi connectivity index (χ3n) is 4.50. The van der Waals surface area contributed by atoms with Crippen molar-refractivity contribution in [2.24, 2.45) is 0 Å². The summed E-state index contributed by atoms with van der Waals surface area (Å²) in [5.74, 6) is -0.131. The molecule has 0 fully saturated rings. The van der Waals surface area contributed by atoms with Crippen LogP contribution in [0.15, 0.2) is 48.5 Å². The van der Waals surface area contributed by atoms with E-state index in [4.69, 9.17) is 0 Å². The van der Waals surface area contributed by atoms with E-state index in [0.717, 1.165) is 12.2 Å². The lowest BCUT2D eigenvalue weighted by molar-refractivity contribution is -0.117. The summed E-state index contributed by atoms with van der Waals surface area (Å²) in [6, 6.07) is 15.3. The molecule has 0 bridgehead atoms. The summed E-state index contributed by atoms with van der Waals surface area (Å²) in [6.07, 6.45) is 0. The lowest BCUT2D eigenvalue weighted by atomic mass is 10.2. The Balaban J connectivity index is 1.92. The smallest absolute Gasteiger partial charge is 0.253 e. The third-order valence-corrected chi connectivity index (χ3v) is 4.50. The Morgan fingerprint density at radius 3 is 2.00 bits per heavy atom. The van der Waals surface area contributed by atoms with E-state index in [9.17, 15) is 9.59 Å². The van der Waals surface area contributed by atoms with Crippen molar-refractivity contribution in [1.82, 2.24) is 9.80 Å². The Morgan fingerprint density at radius 2 is 1.50 bits per heavy atom. The van der Waals surface area contributed by atoms with Crippen LogP contribution in [0.5, 0.6) is 0 Å². The highest BCUT2D eigenvalue weighted by Crippen LogP contribution is 2.14. The van der Waals surface area contributed by atoms with Gasteiger partial charge in [0.15, 0.2) is 0 Å². The molecule has 6 heteroatoms. The van der Waals surface area contributed by atoms with E-state index in [0.29, 0.717) is 24.3 Å². The number of nitrogens with one attached hydrogen (secondary N) is 1. The predicted molar refractivity (Wildman–Crippen MR) is 115 cm³/mol. The molecule has 0 aliphatic carbocycles. The molecule has 0 aliphatic rings. The maximum atomic E-state index is 12.4. The second kappa shape index (κ2) is 9.90.